The van der Waals surface area contributed by atoms with Gasteiger partial charge in [0.15, 0.2) is 11.5 Å². The molecule has 0 aliphatic rings. The molecule has 1 amide bonds. The number of anilines is 1. The van der Waals surface area contributed by atoms with Crippen LogP contribution in [0.5, 0.6) is 23.0 Å². The number of halogens is 3. The zero-order valence-electron chi connectivity index (χ0n) is 17.9. The number of carbonyl (C=O) groups is 1. The van der Waals surface area contributed by atoms with Crippen LogP contribution in [0.3, 0.4) is 0 Å². The molecule has 0 heterocycles. The minimum absolute atomic E-state index is 0.0156. The van der Waals surface area contributed by atoms with Crippen molar-refractivity contribution < 1.29 is 36.9 Å². The molecule has 2 rings (SSSR count). The lowest BCUT2D eigenvalue weighted by atomic mass is 10.1. The van der Waals surface area contributed by atoms with Crippen molar-refractivity contribution in [2.24, 2.45) is 0 Å². The standard InChI is InChI=1S/C22H26F3NO5/c1-5-10-31-17-8-7-15(22(23,24)25)13-16(17)26-20(27)9-6-14-11-18(28-2)21(30-4)19(12-14)29-3/h7-8,11-13H,5-6,9-10H2,1-4H3,(H,26,27). The van der Waals surface area contributed by atoms with Crippen molar-refractivity contribution in [3.63, 3.8) is 0 Å². The molecule has 0 aliphatic heterocycles. The lowest BCUT2D eigenvalue weighted by Crippen LogP contribution is -2.15. The van der Waals surface area contributed by atoms with Crippen molar-refractivity contribution >= 4 is 11.6 Å². The largest absolute Gasteiger partial charge is 0.493 e. The van der Waals surface area contributed by atoms with Crippen LogP contribution in [0, 0.1) is 0 Å². The summed E-state index contributed by atoms with van der Waals surface area (Å²) in [7, 11) is 4.46. The number of aryl methyl sites for hydroxylation is 1. The average molecular weight is 441 g/mol. The van der Waals surface area contributed by atoms with Gasteiger partial charge in [-0.05, 0) is 48.7 Å². The van der Waals surface area contributed by atoms with E-state index in [1.165, 1.54) is 27.4 Å². The normalized spacial score (nSPS) is 11.1. The third-order valence-electron chi connectivity index (χ3n) is 4.41. The Hall–Kier alpha value is -3.10. The van der Waals surface area contributed by atoms with E-state index >= 15 is 0 Å². The van der Waals surface area contributed by atoms with Gasteiger partial charge in [-0.25, -0.2) is 0 Å². The summed E-state index contributed by atoms with van der Waals surface area (Å²) in [5.41, 5.74) is -0.134. The van der Waals surface area contributed by atoms with Gasteiger partial charge in [0.05, 0.1) is 39.2 Å². The molecule has 0 fully saturated rings. The fourth-order valence-corrected chi connectivity index (χ4v) is 2.89. The molecule has 0 saturated carbocycles. The Labute approximate surface area is 179 Å². The molecule has 0 atom stereocenters. The maximum Gasteiger partial charge on any atom is 0.416 e. The Balaban J connectivity index is 2.17. The summed E-state index contributed by atoms with van der Waals surface area (Å²) in [5.74, 6) is 1.07. The first kappa shape index (κ1) is 24.2. The number of alkyl halides is 3. The van der Waals surface area contributed by atoms with E-state index in [1.54, 1.807) is 12.1 Å². The fraction of sp³-hybridized carbons (Fsp3) is 0.409. The van der Waals surface area contributed by atoms with Gasteiger partial charge in [-0.2, -0.15) is 13.2 Å². The first-order chi connectivity index (χ1) is 14.7. The van der Waals surface area contributed by atoms with E-state index in [0.29, 0.717) is 36.7 Å². The molecule has 0 bridgehead atoms. The van der Waals surface area contributed by atoms with Crippen LogP contribution in [-0.2, 0) is 17.4 Å². The predicted molar refractivity (Wildman–Crippen MR) is 110 cm³/mol. The fourth-order valence-electron chi connectivity index (χ4n) is 2.89. The summed E-state index contributed by atoms with van der Waals surface area (Å²) >= 11 is 0. The topological polar surface area (TPSA) is 66.0 Å². The molecule has 0 aromatic heterocycles. The quantitative estimate of drug-likeness (QED) is 0.556. The van der Waals surface area contributed by atoms with Gasteiger partial charge in [0, 0.05) is 6.42 Å². The van der Waals surface area contributed by atoms with Crippen LogP contribution < -0.4 is 24.3 Å². The van der Waals surface area contributed by atoms with Crippen LogP contribution in [0.15, 0.2) is 30.3 Å². The van der Waals surface area contributed by atoms with E-state index in [0.717, 1.165) is 17.7 Å². The van der Waals surface area contributed by atoms with Gasteiger partial charge in [0.2, 0.25) is 11.7 Å². The molecule has 6 nitrogen and oxygen atoms in total. The number of nitrogens with one attached hydrogen (secondary N) is 1. The highest BCUT2D eigenvalue weighted by Gasteiger charge is 2.31. The summed E-state index contributed by atoms with van der Waals surface area (Å²) < 4.78 is 60.6. The third-order valence-corrected chi connectivity index (χ3v) is 4.41. The average Bonchev–Trinajstić information content (AvgIpc) is 2.75. The van der Waals surface area contributed by atoms with Crippen LogP contribution in [0.1, 0.15) is 30.9 Å². The van der Waals surface area contributed by atoms with Crippen LogP contribution in [-0.4, -0.2) is 33.8 Å². The highest BCUT2D eigenvalue weighted by molar-refractivity contribution is 5.92. The monoisotopic (exact) mass is 441 g/mol. The van der Waals surface area contributed by atoms with E-state index in [1.807, 2.05) is 6.92 Å². The number of rotatable bonds is 10. The van der Waals surface area contributed by atoms with E-state index in [-0.39, 0.29) is 17.9 Å². The van der Waals surface area contributed by atoms with Gasteiger partial charge in [0.1, 0.15) is 5.75 Å². The van der Waals surface area contributed by atoms with Crippen LogP contribution in [0.4, 0.5) is 18.9 Å². The van der Waals surface area contributed by atoms with Crippen molar-refractivity contribution in [1.82, 2.24) is 0 Å². The molecule has 1 N–H and O–H groups in total. The Kier molecular flexibility index (Phi) is 8.41. The summed E-state index contributed by atoms with van der Waals surface area (Å²) in [6.45, 7) is 2.19. The van der Waals surface area contributed by atoms with Gasteiger partial charge >= 0.3 is 6.18 Å². The molecular weight excluding hydrogens is 415 g/mol. The van der Waals surface area contributed by atoms with Gasteiger partial charge < -0.3 is 24.3 Å². The second-order valence-electron chi connectivity index (χ2n) is 6.64. The number of hydrogen-bond acceptors (Lipinski definition) is 5. The van der Waals surface area contributed by atoms with E-state index in [4.69, 9.17) is 18.9 Å². The second-order valence-corrected chi connectivity index (χ2v) is 6.64. The minimum Gasteiger partial charge on any atom is -0.493 e. The number of benzene rings is 2. The van der Waals surface area contributed by atoms with Crippen molar-refractivity contribution in [1.29, 1.82) is 0 Å². The summed E-state index contributed by atoms with van der Waals surface area (Å²) in [6, 6.07) is 6.45. The number of carbonyl (C=O) groups excluding carboxylic acids is 1. The zero-order chi connectivity index (χ0) is 23.0. The number of amides is 1. The summed E-state index contributed by atoms with van der Waals surface area (Å²) in [5, 5.41) is 2.53. The number of ether oxygens (including phenoxy) is 4. The Bertz CT molecular complexity index is 874. The highest BCUT2D eigenvalue weighted by Crippen LogP contribution is 2.39. The number of hydrogen-bond donors (Lipinski definition) is 1. The molecule has 31 heavy (non-hydrogen) atoms. The SMILES string of the molecule is CCCOc1ccc(C(F)(F)F)cc1NC(=O)CCc1cc(OC)c(OC)c(OC)c1. The van der Waals surface area contributed by atoms with E-state index in [9.17, 15) is 18.0 Å². The van der Waals surface area contributed by atoms with Crippen molar-refractivity contribution in [2.75, 3.05) is 33.3 Å². The number of methoxy groups -OCH3 is 3. The maximum atomic E-state index is 13.1. The molecular formula is C22H26F3NO5. The molecule has 2 aromatic carbocycles. The maximum absolute atomic E-state index is 13.1. The van der Waals surface area contributed by atoms with E-state index in [2.05, 4.69) is 5.32 Å². The van der Waals surface area contributed by atoms with Gasteiger partial charge in [0.25, 0.3) is 0 Å². The molecule has 0 spiro atoms. The van der Waals surface area contributed by atoms with Crippen molar-refractivity contribution in [3.8, 4) is 23.0 Å². The first-order valence-corrected chi connectivity index (χ1v) is 9.66. The van der Waals surface area contributed by atoms with Crippen LogP contribution >= 0.6 is 0 Å². The smallest absolute Gasteiger partial charge is 0.416 e. The predicted octanol–water partition coefficient (Wildman–Crippen LogP) is 5.09. The lowest BCUT2D eigenvalue weighted by Gasteiger charge is -2.16. The van der Waals surface area contributed by atoms with Crippen molar-refractivity contribution in [2.45, 2.75) is 32.4 Å². The summed E-state index contributed by atoms with van der Waals surface area (Å²) in [4.78, 5) is 12.5. The molecule has 9 heteroatoms. The molecule has 0 radical (unpaired) electrons. The molecule has 170 valence electrons. The van der Waals surface area contributed by atoms with Crippen molar-refractivity contribution in [3.05, 3.63) is 41.5 Å². The van der Waals surface area contributed by atoms with Gasteiger partial charge in [-0.1, -0.05) is 6.92 Å². The Morgan fingerprint density at radius 1 is 0.968 bits per heavy atom. The minimum atomic E-state index is -4.53. The Morgan fingerprint density at radius 2 is 1.61 bits per heavy atom. The van der Waals surface area contributed by atoms with Gasteiger partial charge in [-0.15, -0.1) is 0 Å². The molecule has 2 aromatic rings. The van der Waals surface area contributed by atoms with Crippen LogP contribution in [0.25, 0.3) is 0 Å². The molecule has 0 aliphatic carbocycles. The lowest BCUT2D eigenvalue weighted by molar-refractivity contribution is -0.137. The van der Waals surface area contributed by atoms with E-state index < -0.39 is 17.6 Å². The van der Waals surface area contributed by atoms with Gasteiger partial charge in [-0.3, -0.25) is 4.79 Å². The summed E-state index contributed by atoms with van der Waals surface area (Å²) in [6.07, 6.45) is -3.51. The van der Waals surface area contributed by atoms with Crippen LogP contribution in [0.2, 0.25) is 0 Å². The zero-order valence-corrected chi connectivity index (χ0v) is 17.9. The highest BCUT2D eigenvalue weighted by atomic mass is 19.4. The molecule has 0 saturated heterocycles. The third kappa shape index (κ3) is 6.44. The first-order valence-electron chi connectivity index (χ1n) is 9.66. The second kappa shape index (κ2) is 10.8. The molecule has 0 unspecified atom stereocenters. The Morgan fingerprint density at radius 3 is 2.13 bits per heavy atom.